The van der Waals surface area contributed by atoms with E-state index >= 15 is 0 Å². The third kappa shape index (κ3) is 2.69. The van der Waals surface area contributed by atoms with Gasteiger partial charge in [0.2, 0.25) is 0 Å². The van der Waals surface area contributed by atoms with Gasteiger partial charge in [-0.15, -0.1) is 0 Å². The summed E-state index contributed by atoms with van der Waals surface area (Å²) in [6.07, 6.45) is 3.94. The quantitative estimate of drug-likeness (QED) is 0.799. The lowest BCUT2D eigenvalue weighted by molar-refractivity contribution is 0.301. The maximum Gasteiger partial charge on any atom is 0.137 e. The maximum atomic E-state index is 5.77. The number of benzene rings is 1. The van der Waals surface area contributed by atoms with Gasteiger partial charge in [-0.25, -0.2) is 4.98 Å². The molecule has 0 aliphatic carbocycles. The number of halogens is 1. The summed E-state index contributed by atoms with van der Waals surface area (Å²) in [4.78, 5) is 4.49. The number of imidazole rings is 1. The van der Waals surface area contributed by atoms with E-state index in [2.05, 4.69) is 20.9 Å². The van der Waals surface area contributed by atoms with Crippen LogP contribution in [0.4, 0.5) is 0 Å². The smallest absolute Gasteiger partial charge is 0.137 e. The second kappa shape index (κ2) is 5.64. The van der Waals surface area contributed by atoms with Crippen LogP contribution < -0.4 is 10.5 Å². The molecular weight excluding hydrogens is 318 g/mol. The molecule has 5 heteroatoms. The minimum absolute atomic E-state index is 0.438. The monoisotopic (exact) mass is 331 g/mol. The molecular formula is C15H14BrN3O. The number of aromatic nitrogens is 2. The van der Waals surface area contributed by atoms with E-state index in [1.807, 2.05) is 53.2 Å². The molecule has 3 rings (SSSR count). The molecule has 0 atom stereocenters. The van der Waals surface area contributed by atoms with Crippen molar-refractivity contribution in [3.8, 4) is 5.75 Å². The van der Waals surface area contributed by atoms with Crippen LogP contribution in [0.1, 0.15) is 11.3 Å². The zero-order valence-corrected chi connectivity index (χ0v) is 12.4. The Balaban J connectivity index is 1.75. The largest absolute Gasteiger partial charge is 0.487 e. The molecule has 20 heavy (non-hydrogen) atoms. The van der Waals surface area contributed by atoms with Gasteiger partial charge in [0.1, 0.15) is 18.0 Å². The molecule has 0 radical (unpaired) electrons. The molecule has 4 nitrogen and oxygen atoms in total. The van der Waals surface area contributed by atoms with Crippen molar-refractivity contribution in [3.63, 3.8) is 0 Å². The highest BCUT2D eigenvalue weighted by atomic mass is 79.9. The molecule has 2 aromatic heterocycles. The van der Waals surface area contributed by atoms with Crippen LogP contribution in [0.5, 0.6) is 5.75 Å². The van der Waals surface area contributed by atoms with E-state index in [4.69, 9.17) is 10.5 Å². The molecule has 0 aliphatic rings. The molecule has 1 aromatic carbocycles. The summed E-state index contributed by atoms with van der Waals surface area (Å²) in [5, 5.41) is 0. The Labute approximate surface area is 125 Å². The Hall–Kier alpha value is -1.85. The van der Waals surface area contributed by atoms with Crippen molar-refractivity contribution in [2.75, 3.05) is 0 Å². The molecule has 0 amide bonds. The van der Waals surface area contributed by atoms with Crippen LogP contribution >= 0.6 is 15.9 Å². The van der Waals surface area contributed by atoms with Gasteiger partial charge in [-0.2, -0.15) is 0 Å². The first-order valence-electron chi connectivity index (χ1n) is 6.30. The van der Waals surface area contributed by atoms with Crippen molar-refractivity contribution in [1.82, 2.24) is 9.38 Å². The number of hydrogen-bond donors (Lipinski definition) is 1. The number of pyridine rings is 1. The van der Waals surface area contributed by atoms with Gasteiger partial charge in [-0.3, -0.25) is 0 Å². The Kier molecular flexibility index (Phi) is 3.71. The Morgan fingerprint density at radius 1 is 1.25 bits per heavy atom. The SMILES string of the molecule is NCc1cc(OCc2cn3ccccc3n2)ccc1Br. The van der Waals surface area contributed by atoms with Crippen LogP contribution in [-0.4, -0.2) is 9.38 Å². The molecule has 0 bridgehead atoms. The molecule has 0 unspecified atom stereocenters. The minimum Gasteiger partial charge on any atom is -0.487 e. The molecule has 3 aromatic rings. The Bertz CT molecular complexity index is 706. The van der Waals surface area contributed by atoms with Crippen LogP contribution in [0.2, 0.25) is 0 Å². The summed E-state index contributed by atoms with van der Waals surface area (Å²) >= 11 is 3.46. The summed E-state index contributed by atoms with van der Waals surface area (Å²) < 4.78 is 8.74. The van der Waals surface area contributed by atoms with Gasteiger partial charge in [-0.05, 0) is 35.9 Å². The van der Waals surface area contributed by atoms with E-state index in [1.165, 1.54) is 0 Å². The predicted molar refractivity (Wildman–Crippen MR) is 81.6 cm³/mol. The zero-order valence-electron chi connectivity index (χ0n) is 10.8. The van der Waals surface area contributed by atoms with Crippen molar-refractivity contribution in [2.24, 2.45) is 5.73 Å². The molecule has 102 valence electrons. The van der Waals surface area contributed by atoms with Crippen LogP contribution in [0.25, 0.3) is 5.65 Å². The highest BCUT2D eigenvalue weighted by Gasteiger charge is 2.04. The molecule has 2 N–H and O–H groups in total. The first-order valence-corrected chi connectivity index (χ1v) is 7.09. The molecule has 0 spiro atoms. The fourth-order valence-electron chi connectivity index (χ4n) is 2.01. The fraction of sp³-hybridized carbons (Fsp3) is 0.133. The van der Waals surface area contributed by atoms with Crippen molar-refractivity contribution in [3.05, 3.63) is 64.5 Å². The number of nitrogens with zero attached hydrogens (tertiary/aromatic N) is 2. The molecule has 0 saturated heterocycles. The third-order valence-corrected chi connectivity index (χ3v) is 3.81. The van der Waals surface area contributed by atoms with Gasteiger partial charge in [0.05, 0.1) is 5.69 Å². The lowest BCUT2D eigenvalue weighted by Crippen LogP contribution is -2.00. The number of nitrogens with two attached hydrogens (primary N) is 1. The third-order valence-electron chi connectivity index (χ3n) is 3.04. The summed E-state index contributed by atoms with van der Waals surface area (Å²) in [6.45, 7) is 0.916. The van der Waals surface area contributed by atoms with Crippen molar-refractivity contribution in [2.45, 2.75) is 13.2 Å². The van der Waals surface area contributed by atoms with Crippen molar-refractivity contribution >= 4 is 21.6 Å². The van der Waals surface area contributed by atoms with Gasteiger partial charge in [0.15, 0.2) is 0 Å². The summed E-state index contributed by atoms with van der Waals surface area (Å²) in [6, 6.07) is 11.7. The van der Waals surface area contributed by atoms with E-state index < -0.39 is 0 Å². The number of hydrogen-bond acceptors (Lipinski definition) is 3. The fourth-order valence-corrected chi connectivity index (χ4v) is 2.42. The Morgan fingerprint density at radius 2 is 2.15 bits per heavy atom. The van der Waals surface area contributed by atoms with Gasteiger partial charge in [0.25, 0.3) is 0 Å². The van der Waals surface area contributed by atoms with Crippen LogP contribution in [-0.2, 0) is 13.2 Å². The van der Waals surface area contributed by atoms with E-state index in [0.717, 1.165) is 27.1 Å². The highest BCUT2D eigenvalue weighted by molar-refractivity contribution is 9.10. The number of rotatable bonds is 4. The number of ether oxygens (including phenoxy) is 1. The average Bonchev–Trinajstić information content (AvgIpc) is 2.89. The second-order valence-electron chi connectivity index (χ2n) is 4.44. The molecule has 0 saturated carbocycles. The maximum absolute atomic E-state index is 5.77. The lowest BCUT2D eigenvalue weighted by atomic mass is 10.2. The van der Waals surface area contributed by atoms with E-state index in [0.29, 0.717) is 13.2 Å². The predicted octanol–water partition coefficient (Wildman–Crippen LogP) is 3.13. The first kappa shape index (κ1) is 13.1. The topological polar surface area (TPSA) is 52.5 Å². The van der Waals surface area contributed by atoms with E-state index in [-0.39, 0.29) is 0 Å². The highest BCUT2D eigenvalue weighted by Crippen LogP contribution is 2.22. The van der Waals surface area contributed by atoms with Crippen molar-refractivity contribution in [1.29, 1.82) is 0 Å². The van der Waals surface area contributed by atoms with Gasteiger partial charge in [-0.1, -0.05) is 22.0 Å². The minimum atomic E-state index is 0.438. The van der Waals surface area contributed by atoms with Crippen molar-refractivity contribution < 1.29 is 4.74 Å². The standard InChI is InChI=1S/C15H14BrN3O/c16-14-5-4-13(7-11(14)8-17)20-10-12-9-19-6-2-1-3-15(19)18-12/h1-7,9H,8,10,17H2. The van der Waals surface area contributed by atoms with Crippen LogP contribution in [0, 0.1) is 0 Å². The lowest BCUT2D eigenvalue weighted by Gasteiger charge is -2.07. The summed E-state index contributed by atoms with van der Waals surface area (Å²) in [5.74, 6) is 0.797. The summed E-state index contributed by atoms with van der Waals surface area (Å²) in [7, 11) is 0. The summed E-state index contributed by atoms with van der Waals surface area (Å²) in [5.41, 5.74) is 8.52. The van der Waals surface area contributed by atoms with E-state index in [1.54, 1.807) is 0 Å². The van der Waals surface area contributed by atoms with Gasteiger partial charge >= 0.3 is 0 Å². The van der Waals surface area contributed by atoms with Gasteiger partial charge < -0.3 is 14.9 Å². The van der Waals surface area contributed by atoms with Crippen LogP contribution in [0.15, 0.2) is 53.3 Å². The zero-order chi connectivity index (χ0) is 13.9. The second-order valence-corrected chi connectivity index (χ2v) is 5.30. The van der Waals surface area contributed by atoms with Gasteiger partial charge in [0, 0.05) is 23.4 Å². The molecule has 0 aliphatic heterocycles. The normalized spacial score (nSPS) is 10.9. The first-order chi connectivity index (χ1) is 9.76. The molecule has 2 heterocycles. The average molecular weight is 332 g/mol. The molecule has 0 fully saturated rings. The van der Waals surface area contributed by atoms with Crippen LogP contribution in [0.3, 0.4) is 0 Å². The Morgan fingerprint density at radius 3 is 2.95 bits per heavy atom. The van der Waals surface area contributed by atoms with E-state index in [9.17, 15) is 0 Å². The number of fused-ring (bicyclic) bond motifs is 1.